The molecular formula is C28H35ClN4O6. The molecular weight excluding hydrogens is 524 g/mol. The number of nitrogens with zero attached hydrogens (tertiary/aromatic N) is 1. The van der Waals surface area contributed by atoms with E-state index in [4.69, 9.17) is 22.1 Å². The van der Waals surface area contributed by atoms with Crippen LogP contribution in [0.4, 0.5) is 10.5 Å². The van der Waals surface area contributed by atoms with Crippen LogP contribution in [0.25, 0.3) is 0 Å². The van der Waals surface area contributed by atoms with Crippen molar-refractivity contribution in [3.05, 3.63) is 58.6 Å². The second-order valence-corrected chi connectivity index (χ2v) is 11.0. The summed E-state index contributed by atoms with van der Waals surface area (Å²) in [5, 5.41) is 16.4. The molecule has 2 aromatic rings. The maximum atomic E-state index is 14.1. The Morgan fingerprint density at radius 3 is 2.36 bits per heavy atom. The molecule has 2 aromatic carbocycles. The van der Waals surface area contributed by atoms with Crippen molar-refractivity contribution < 1.29 is 29.0 Å². The lowest BCUT2D eigenvalue weighted by molar-refractivity contribution is -0.141. The van der Waals surface area contributed by atoms with Crippen molar-refractivity contribution >= 4 is 41.1 Å². The molecule has 2 atom stereocenters. The highest BCUT2D eigenvalue weighted by atomic mass is 35.5. The number of ether oxygens (including phenoxy) is 1. The van der Waals surface area contributed by atoms with Crippen molar-refractivity contribution in [3.63, 3.8) is 0 Å². The molecule has 210 valence electrons. The van der Waals surface area contributed by atoms with E-state index in [9.17, 15) is 24.3 Å². The second-order valence-electron chi connectivity index (χ2n) is 10.6. The molecule has 0 spiro atoms. The molecule has 0 saturated heterocycles. The predicted octanol–water partition coefficient (Wildman–Crippen LogP) is 4.18. The van der Waals surface area contributed by atoms with E-state index < -0.39 is 41.5 Å². The Hall–Kier alpha value is -3.79. The third-order valence-electron chi connectivity index (χ3n) is 6.09. The number of para-hydroxylation sites is 2. The fraction of sp³-hybridized carbons (Fsp3) is 0.429. The highest BCUT2D eigenvalue weighted by molar-refractivity contribution is 6.34. The molecule has 0 aliphatic heterocycles. The Morgan fingerprint density at radius 2 is 1.79 bits per heavy atom. The number of amides is 4. The largest absolute Gasteiger partial charge is 0.508 e. The summed E-state index contributed by atoms with van der Waals surface area (Å²) in [6.45, 7) is 6.82. The molecule has 0 heterocycles. The van der Waals surface area contributed by atoms with Crippen molar-refractivity contribution in [2.45, 2.75) is 77.1 Å². The molecule has 4 amide bonds. The molecule has 1 fully saturated rings. The van der Waals surface area contributed by atoms with Crippen molar-refractivity contribution in [3.8, 4) is 5.75 Å². The molecule has 11 heteroatoms. The number of carbonyl (C=O) groups is 4. The van der Waals surface area contributed by atoms with E-state index in [0.29, 0.717) is 29.1 Å². The number of alkyl carbamates (subject to hydrolysis) is 1. The summed E-state index contributed by atoms with van der Waals surface area (Å²) < 4.78 is 5.33. The highest BCUT2D eigenvalue weighted by Crippen LogP contribution is 2.39. The normalized spacial score (nSPS) is 14.6. The Balaban J connectivity index is 2.03. The number of primary amides is 1. The first-order chi connectivity index (χ1) is 18.3. The lowest BCUT2D eigenvalue weighted by Gasteiger charge is -2.35. The number of hydrogen-bond acceptors (Lipinski definition) is 6. The van der Waals surface area contributed by atoms with Crippen LogP contribution in [0.5, 0.6) is 5.75 Å². The van der Waals surface area contributed by atoms with Crippen LogP contribution >= 0.6 is 11.6 Å². The van der Waals surface area contributed by atoms with Crippen LogP contribution in [0.1, 0.15) is 63.6 Å². The number of carbonyl (C=O) groups excluding carboxylic acids is 4. The molecule has 5 N–H and O–H groups in total. The minimum atomic E-state index is -1.27. The van der Waals surface area contributed by atoms with Crippen LogP contribution < -0.4 is 16.4 Å². The summed E-state index contributed by atoms with van der Waals surface area (Å²) in [6.07, 6.45) is 0.0926. The van der Waals surface area contributed by atoms with Gasteiger partial charge in [0.25, 0.3) is 5.91 Å². The van der Waals surface area contributed by atoms with E-state index in [1.165, 1.54) is 11.0 Å². The topological polar surface area (TPSA) is 151 Å². The number of phenols is 1. The van der Waals surface area contributed by atoms with E-state index in [0.717, 1.165) is 0 Å². The van der Waals surface area contributed by atoms with Crippen LogP contribution in [-0.4, -0.2) is 51.5 Å². The van der Waals surface area contributed by atoms with Crippen LogP contribution in [0.15, 0.2) is 42.5 Å². The highest BCUT2D eigenvalue weighted by Gasteiger charge is 2.45. The molecule has 2 unspecified atom stereocenters. The van der Waals surface area contributed by atoms with E-state index in [1.807, 2.05) is 0 Å². The van der Waals surface area contributed by atoms with E-state index in [2.05, 4.69) is 10.6 Å². The fourth-order valence-electron chi connectivity index (χ4n) is 4.16. The lowest BCUT2D eigenvalue weighted by Crippen LogP contribution is -2.53. The van der Waals surface area contributed by atoms with Gasteiger partial charge in [-0.1, -0.05) is 41.9 Å². The fourth-order valence-corrected chi connectivity index (χ4v) is 4.43. The molecule has 1 aliphatic rings. The third-order valence-corrected chi connectivity index (χ3v) is 6.41. The van der Waals surface area contributed by atoms with Crippen LogP contribution in [0.3, 0.4) is 0 Å². The number of phenolic OH excluding ortho intramolecular Hbond substituents is 1. The van der Waals surface area contributed by atoms with Crippen molar-refractivity contribution in [2.24, 2.45) is 5.73 Å². The number of rotatable bonds is 10. The molecule has 0 bridgehead atoms. The summed E-state index contributed by atoms with van der Waals surface area (Å²) in [4.78, 5) is 53.5. The zero-order chi connectivity index (χ0) is 28.9. The van der Waals surface area contributed by atoms with Gasteiger partial charge >= 0.3 is 6.09 Å². The maximum Gasteiger partial charge on any atom is 0.408 e. The SMILES string of the molecule is Cc1cccc(Cl)c1NC(=O)C(c1ccccc1O)N(C(=O)C(CCC(N)=O)NC(=O)OC(C)(C)C)C1CC1. The second kappa shape index (κ2) is 12.4. The molecule has 3 rings (SSSR count). The number of aromatic hydroxyl groups is 1. The zero-order valence-corrected chi connectivity index (χ0v) is 23.2. The maximum absolute atomic E-state index is 14.1. The lowest BCUT2D eigenvalue weighted by atomic mass is 10.00. The average molecular weight is 559 g/mol. The average Bonchev–Trinajstić information content (AvgIpc) is 3.66. The third kappa shape index (κ3) is 8.10. The number of hydrogen-bond donors (Lipinski definition) is 4. The van der Waals surface area contributed by atoms with Gasteiger partial charge in [-0.05, 0) is 64.7 Å². The number of benzene rings is 2. The summed E-state index contributed by atoms with van der Waals surface area (Å²) in [6, 6.07) is 8.59. The van der Waals surface area contributed by atoms with Gasteiger partial charge in [-0.2, -0.15) is 0 Å². The van der Waals surface area contributed by atoms with Crippen molar-refractivity contribution in [1.82, 2.24) is 10.2 Å². The minimum Gasteiger partial charge on any atom is -0.508 e. The molecule has 1 saturated carbocycles. The molecule has 0 aromatic heterocycles. The number of nitrogens with one attached hydrogen (secondary N) is 2. The van der Waals surface area contributed by atoms with E-state index >= 15 is 0 Å². The van der Waals surface area contributed by atoms with Gasteiger partial charge in [-0.15, -0.1) is 0 Å². The Kier molecular flexibility index (Phi) is 9.45. The minimum absolute atomic E-state index is 0.102. The number of halogens is 1. The summed E-state index contributed by atoms with van der Waals surface area (Å²) in [7, 11) is 0. The quantitative estimate of drug-likeness (QED) is 0.343. The Morgan fingerprint density at radius 1 is 1.13 bits per heavy atom. The van der Waals surface area contributed by atoms with E-state index in [1.54, 1.807) is 64.1 Å². The number of anilines is 1. The van der Waals surface area contributed by atoms with Crippen LogP contribution in [-0.2, 0) is 19.1 Å². The number of nitrogens with two attached hydrogens (primary N) is 1. The predicted molar refractivity (Wildman–Crippen MR) is 147 cm³/mol. The van der Waals surface area contributed by atoms with Gasteiger partial charge in [0.15, 0.2) is 0 Å². The van der Waals surface area contributed by atoms with Gasteiger partial charge < -0.3 is 31.1 Å². The van der Waals surface area contributed by atoms with Crippen molar-refractivity contribution in [2.75, 3.05) is 5.32 Å². The molecule has 10 nitrogen and oxygen atoms in total. The summed E-state index contributed by atoms with van der Waals surface area (Å²) >= 11 is 6.35. The molecule has 1 aliphatic carbocycles. The smallest absolute Gasteiger partial charge is 0.408 e. The van der Waals surface area contributed by atoms with Crippen molar-refractivity contribution in [1.29, 1.82) is 0 Å². The zero-order valence-electron chi connectivity index (χ0n) is 22.5. The van der Waals surface area contributed by atoms with Gasteiger partial charge in [0.2, 0.25) is 11.8 Å². The standard InChI is InChI=1S/C28H35ClN4O6/c1-16-8-7-10-19(29)23(16)32-25(36)24(18-9-5-6-11-21(18)34)33(17-12-13-17)26(37)20(14-15-22(30)35)31-27(38)39-28(2,3)4/h5-11,17,20,24,34H,12-15H2,1-4H3,(H2,30,35)(H,31,38)(H,32,36). The molecule has 0 radical (unpaired) electrons. The van der Waals surface area contributed by atoms with Crippen LogP contribution in [0, 0.1) is 6.92 Å². The van der Waals surface area contributed by atoms with E-state index in [-0.39, 0.29) is 30.2 Å². The first-order valence-electron chi connectivity index (χ1n) is 12.7. The summed E-state index contributed by atoms with van der Waals surface area (Å²) in [5.74, 6) is -2.04. The van der Waals surface area contributed by atoms with Gasteiger partial charge in [-0.25, -0.2) is 4.79 Å². The van der Waals surface area contributed by atoms with Gasteiger partial charge in [0.1, 0.15) is 23.4 Å². The van der Waals surface area contributed by atoms with Gasteiger partial charge in [0, 0.05) is 18.0 Å². The first kappa shape index (κ1) is 29.8. The Bertz CT molecular complexity index is 1220. The first-order valence-corrected chi connectivity index (χ1v) is 13.1. The monoisotopic (exact) mass is 558 g/mol. The molecule has 39 heavy (non-hydrogen) atoms. The van der Waals surface area contributed by atoms with Gasteiger partial charge in [-0.3, -0.25) is 14.4 Å². The van der Waals surface area contributed by atoms with Gasteiger partial charge in [0.05, 0.1) is 10.7 Å². The summed E-state index contributed by atoms with van der Waals surface area (Å²) in [5.41, 5.74) is 5.80. The number of aryl methyl sites for hydroxylation is 1. The van der Waals surface area contributed by atoms with Crippen LogP contribution in [0.2, 0.25) is 5.02 Å². The Labute approximate surface area is 232 Å².